The van der Waals surface area contributed by atoms with Crippen LogP contribution in [-0.4, -0.2) is 66.9 Å². The zero-order valence-corrected chi connectivity index (χ0v) is 15.3. The van der Waals surface area contributed by atoms with Gasteiger partial charge < -0.3 is 15.4 Å². The number of carbonyl (C=O) groups is 4. The maximum atomic E-state index is 12.8. The van der Waals surface area contributed by atoms with E-state index < -0.39 is 23.8 Å². The van der Waals surface area contributed by atoms with Crippen LogP contribution >= 0.6 is 0 Å². The predicted octanol–water partition coefficient (Wildman–Crippen LogP) is -0.834. The van der Waals surface area contributed by atoms with Gasteiger partial charge in [-0.2, -0.15) is 0 Å². The minimum absolute atomic E-state index is 0.106. The molecule has 1 unspecified atom stereocenters. The third kappa shape index (κ3) is 3.56. The number of nitrogens with one attached hydrogen (secondary N) is 3. The van der Waals surface area contributed by atoms with Crippen LogP contribution < -0.4 is 16.0 Å². The Bertz CT molecular complexity index is 834. The lowest BCUT2D eigenvalue weighted by Crippen LogP contribution is -2.54. The number of ether oxygens (including phenoxy) is 1. The Labute approximate surface area is 161 Å². The van der Waals surface area contributed by atoms with E-state index in [1.165, 1.54) is 0 Å². The molecule has 4 amide bonds. The van der Waals surface area contributed by atoms with E-state index in [0.717, 1.165) is 23.6 Å². The van der Waals surface area contributed by atoms with Crippen LogP contribution in [-0.2, 0) is 20.9 Å². The lowest BCUT2D eigenvalue weighted by Gasteiger charge is -2.27. The van der Waals surface area contributed by atoms with Crippen LogP contribution in [0.3, 0.4) is 0 Å². The fourth-order valence-corrected chi connectivity index (χ4v) is 3.76. The maximum absolute atomic E-state index is 12.8. The molecule has 2 fully saturated rings. The molecule has 3 aliphatic rings. The van der Waals surface area contributed by atoms with Crippen LogP contribution in [0.15, 0.2) is 18.2 Å². The van der Waals surface area contributed by atoms with Gasteiger partial charge in [0.25, 0.3) is 11.8 Å². The first kappa shape index (κ1) is 18.7. The van der Waals surface area contributed by atoms with Gasteiger partial charge in [0.2, 0.25) is 11.8 Å². The summed E-state index contributed by atoms with van der Waals surface area (Å²) in [6.45, 7) is 3.57. The van der Waals surface area contributed by atoms with Gasteiger partial charge in [0.1, 0.15) is 6.04 Å². The number of imide groups is 2. The van der Waals surface area contributed by atoms with E-state index >= 15 is 0 Å². The Morgan fingerprint density at radius 2 is 1.96 bits per heavy atom. The highest BCUT2D eigenvalue weighted by atomic mass is 16.5. The largest absolute Gasteiger partial charge is 0.374 e. The Hall–Kier alpha value is -2.62. The van der Waals surface area contributed by atoms with Crippen molar-refractivity contribution >= 4 is 23.6 Å². The first-order chi connectivity index (χ1) is 13.5. The minimum atomic E-state index is -0.942. The Morgan fingerprint density at radius 1 is 1.14 bits per heavy atom. The van der Waals surface area contributed by atoms with Crippen molar-refractivity contribution in [3.8, 4) is 0 Å². The van der Waals surface area contributed by atoms with Crippen molar-refractivity contribution in [1.82, 2.24) is 20.9 Å². The summed E-state index contributed by atoms with van der Waals surface area (Å²) >= 11 is 0. The Morgan fingerprint density at radius 3 is 2.71 bits per heavy atom. The van der Waals surface area contributed by atoms with Crippen molar-refractivity contribution in [3.05, 3.63) is 34.9 Å². The molecule has 28 heavy (non-hydrogen) atoms. The molecule has 9 heteroatoms. The number of amides is 4. The van der Waals surface area contributed by atoms with Crippen LogP contribution in [0.2, 0.25) is 0 Å². The van der Waals surface area contributed by atoms with Crippen molar-refractivity contribution in [3.63, 3.8) is 0 Å². The molecule has 1 aromatic rings. The van der Waals surface area contributed by atoms with Gasteiger partial charge in [-0.1, -0.05) is 6.07 Å². The normalized spacial score (nSPS) is 25.1. The number of fused-ring (bicyclic) bond motifs is 1. The molecule has 0 radical (unpaired) electrons. The number of nitrogens with zero attached hydrogens (tertiary/aromatic N) is 1. The van der Waals surface area contributed by atoms with E-state index in [1.54, 1.807) is 18.2 Å². The number of hydrogen-bond acceptors (Lipinski definition) is 7. The predicted molar refractivity (Wildman–Crippen MR) is 97.4 cm³/mol. The van der Waals surface area contributed by atoms with Gasteiger partial charge in [0, 0.05) is 32.6 Å². The molecule has 4 rings (SSSR count). The SMILES string of the molecule is O=C1CCC(N2C(=O)c3ccc(CNC[C@@H]4CNCCO4)cc3C2=O)C(=O)N1. The van der Waals surface area contributed by atoms with Crippen LogP contribution in [0.1, 0.15) is 39.1 Å². The van der Waals surface area contributed by atoms with Gasteiger partial charge in [-0.3, -0.25) is 29.4 Å². The van der Waals surface area contributed by atoms with Crippen molar-refractivity contribution in [1.29, 1.82) is 0 Å². The second-order valence-corrected chi connectivity index (χ2v) is 7.15. The molecular weight excluding hydrogens is 364 g/mol. The summed E-state index contributed by atoms with van der Waals surface area (Å²) < 4.78 is 5.63. The number of carbonyl (C=O) groups excluding carboxylic acids is 4. The molecule has 1 aromatic carbocycles. The van der Waals surface area contributed by atoms with Gasteiger partial charge in [-0.05, 0) is 24.1 Å². The maximum Gasteiger partial charge on any atom is 0.262 e. The van der Waals surface area contributed by atoms with E-state index in [-0.39, 0.29) is 24.9 Å². The molecule has 3 N–H and O–H groups in total. The van der Waals surface area contributed by atoms with E-state index in [0.29, 0.717) is 30.8 Å². The monoisotopic (exact) mass is 386 g/mol. The highest BCUT2D eigenvalue weighted by Gasteiger charge is 2.44. The van der Waals surface area contributed by atoms with E-state index in [4.69, 9.17) is 4.74 Å². The first-order valence-corrected chi connectivity index (χ1v) is 9.42. The quantitative estimate of drug-likeness (QED) is 0.565. The Balaban J connectivity index is 1.43. The lowest BCUT2D eigenvalue weighted by atomic mass is 10.0. The fraction of sp³-hybridized carbons (Fsp3) is 0.474. The van der Waals surface area contributed by atoms with E-state index in [2.05, 4.69) is 16.0 Å². The molecule has 0 aliphatic carbocycles. The molecule has 0 bridgehead atoms. The number of morpholine rings is 1. The minimum Gasteiger partial charge on any atom is -0.374 e. The molecule has 9 nitrogen and oxygen atoms in total. The average molecular weight is 386 g/mol. The summed E-state index contributed by atoms with van der Waals surface area (Å²) in [5.41, 5.74) is 1.46. The van der Waals surface area contributed by atoms with Gasteiger partial charge >= 0.3 is 0 Å². The topological polar surface area (TPSA) is 117 Å². The third-order valence-electron chi connectivity index (χ3n) is 5.21. The molecule has 0 saturated carbocycles. The summed E-state index contributed by atoms with van der Waals surface area (Å²) in [6.07, 6.45) is 0.367. The molecule has 2 atom stereocenters. The molecule has 3 aliphatic heterocycles. The summed E-state index contributed by atoms with van der Waals surface area (Å²) in [6, 6.07) is 4.17. The number of hydrogen-bond donors (Lipinski definition) is 3. The van der Waals surface area contributed by atoms with Gasteiger partial charge in [0.15, 0.2) is 0 Å². The third-order valence-corrected chi connectivity index (χ3v) is 5.21. The smallest absolute Gasteiger partial charge is 0.262 e. The van der Waals surface area contributed by atoms with Crippen molar-refractivity contribution < 1.29 is 23.9 Å². The number of benzene rings is 1. The highest BCUT2D eigenvalue weighted by Crippen LogP contribution is 2.28. The van der Waals surface area contributed by atoms with Gasteiger partial charge in [-0.25, -0.2) is 0 Å². The van der Waals surface area contributed by atoms with Crippen molar-refractivity contribution in [2.24, 2.45) is 0 Å². The second-order valence-electron chi connectivity index (χ2n) is 7.15. The van der Waals surface area contributed by atoms with Crippen LogP contribution in [0.25, 0.3) is 0 Å². The molecule has 3 heterocycles. The number of piperidine rings is 1. The van der Waals surface area contributed by atoms with Crippen LogP contribution in [0.4, 0.5) is 0 Å². The molecule has 148 valence electrons. The lowest BCUT2D eigenvalue weighted by molar-refractivity contribution is -0.136. The molecule has 2 saturated heterocycles. The zero-order chi connectivity index (χ0) is 19.7. The number of rotatable bonds is 5. The summed E-state index contributed by atoms with van der Waals surface area (Å²) in [4.78, 5) is 49.9. The summed E-state index contributed by atoms with van der Waals surface area (Å²) in [5, 5.41) is 8.76. The van der Waals surface area contributed by atoms with E-state index in [9.17, 15) is 19.2 Å². The highest BCUT2D eigenvalue weighted by molar-refractivity contribution is 6.23. The van der Waals surface area contributed by atoms with Crippen molar-refractivity contribution in [2.75, 3.05) is 26.2 Å². The molecular formula is C19H22N4O5. The standard InChI is InChI=1S/C19H22N4O5/c24-16-4-3-15(17(25)22-16)23-18(26)13-2-1-11(7-14(13)19(23)27)8-21-10-12-9-20-5-6-28-12/h1-2,7,12,15,20-21H,3-6,8-10H2,(H,22,24,25)/t12-,15?/m0/s1. The Kier molecular flexibility index (Phi) is 5.21. The first-order valence-electron chi connectivity index (χ1n) is 9.42. The average Bonchev–Trinajstić information content (AvgIpc) is 2.93. The van der Waals surface area contributed by atoms with Gasteiger partial charge in [-0.15, -0.1) is 0 Å². The van der Waals surface area contributed by atoms with Gasteiger partial charge in [0.05, 0.1) is 23.8 Å². The zero-order valence-electron chi connectivity index (χ0n) is 15.3. The summed E-state index contributed by atoms with van der Waals surface area (Å²) in [5.74, 6) is -1.97. The summed E-state index contributed by atoms with van der Waals surface area (Å²) in [7, 11) is 0. The fourth-order valence-electron chi connectivity index (χ4n) is 3.76. The van der Waals surface area contributed by atoms with E-state index in [1.807, 2.05) is 0 Å². The molecule has 0 aromatic heterocycles. The van der Waals surface area contributed by atoms with Crippen molar-refractivity contribution in [2.45, 2.75) is 31.5 Å². The van der Waals surface area contributed by atoms with Crippen LogP contribution in [0, 0.1) is 0 Å². The molecule has 0 spiro atoms. The van der Waals surface area contributed by atoms with Crippen LogP contribution in [0.5, 0.6) is 0 Å². The second kappa shape index (κ2) is 7.78.